The van der Waals surface area contributed by atoms with Gasteiger partial charge in [-0.2, -0.15) is 0 Å². The molecule has 5 nitrogen and oxygen atoms in total. The van der Waals surface area contributed by atoms with Crippen LogP contribution in [0, 0.1) is 5.92 Å². The van der Waals surface area contributed by atoms with Gasteiger partial charge in [0.15, 0.2) is 5.79 Å². The third-order valence-corrected chi connectivity index (χ3v) is 8.80. The first kappa shape index (κ1) is 33.6. The lowest BCUT2D eigenvalue weighted by Gasteiger charge is -2.40. The monoisotopic (exact) mass is 537 g/mol. The first-order valence-electron chi connectivity index (χ1n) is 16.8. The number of ether oxygens (including phenoxy) is 3. The van der Waals surface area contributed by atoms with E-state index in [4.69, 9.17) is 14.2 Å². The standard InChI is InChI=1S/C33H63NO4/c1-4-7-9-11-12-15-19-30(18-14-10-8-5-2)29-36-32(35)20-16-13-17-26-34(25-6-3)31-21-23-33(24-22-31)37-27-28-38-33/h30-31H,4-29H2,1-3H3. The van der Waals surface area contributed by atoms with Crippen LogP contribution in [-0.4, -0.2) is 55.6 Å². The van der Waals surface area contributed by atoms with Gasteiger partial charge in [-0.1, -0.05) is 91.4 Å². The number of carbonyl (C=O) groups is 1. The summed E-state index contributed by atoms with van der Waals surface area (Å²) in [6.45, 7) is 11.3. The van der Waals surface area contributed by atoms with Crippen molar-refractivity contribution in [3.05, 3.63) is 0 Å². The Balaban J connectivity index is 1.59. The highest BCUT2D eigenvalue weighted by atomic mass is 16.7. The van der Waals surface area contributed by atoms with Crippen LogP contribution in [0.1, 0.15) is 156 Å². The first-order valence-corrected chi connectivity index (χ1v) is 16.8. The van der Waals surface area contributed by atoms with Gasteiger partial charge in [0.05, 0.1) is 19.8 Å². The molecule has 0 aromatic rings. The van der Waals surface area contributed by atoms with Crippen molar-refractivity contribution in [2.45, 2.75) is 167 Å². The third kappa shape index (κ3) is 14.1. The summed E-state index contributed by atoms with van der Waals surface area (Å²) in [5.74, 6) is 0.308. The number of carbonyl (C=O) groups excluding carboxylic acids is 1. The summed E-state index contributed by atoms with van der Waals surface area (Å²) in [5.41, 5.74) is 0. The molecule has 5 heteroatoms. The van der Waals surface area contributed by atoms with Crippen LogP contribution in [-0.2, 0) is 19.0 Å². The topological polar surface area (TPSA) is 48.0 Å². The molecule has 0 aromatic heterocycles. The van der Waals surface area contributed by atoms with Gasteiger partial charge in [0, 0.05) is 25.3 Å². The van der Waals surface area contributed by atoms with Crippen molar-refractivity contribution in [3.8, 4) is 0 Å². The van der Waals surface area contributed by atoms with Gasteiger partial charge in [0.25, 0.3) is 0 Å². The molecule has 2 aliphatic rings. The number of esters is 1. The van der Waals surface area contributed by atoms with Gasteiger partial charge < -0.3 is 19.1 Å². The Hall–Kier alpha value is -0.650. The Kier molecular flexibility index (Phi) is 18.7. The molecule has 2 fully saturated rings. The van der Waals surface area contributed by atoms with Crippen molar-refractivity contribution in [1.29, 1.82) is 0 Å². The summed E-state index contributed by atoms with van der Waals surface area (Å²) < 4.78 is 17.6. The van der Waals surface area contributed by atoms with Gasteiger partial charge in [0.1, 0.15) is 0 Å². The fourth-order valence-corrected chi connectivity index (χ4v) is 6.39. The Morgan fingerprint density at radius 2 is 1.34 bits per heavy atom. The number of nitrogens with zero attached hydrogens (tertiary/aromatic N) is 1. The third-order valence-electron chi connectivity index (χ3n) is 8.80. The largest absolute Gasteiger partial charge is 0.465 e. The molecule has 1 saturated heterocycles. The quantitative estimate of drug-likeness (QED) is 0.0962. The summed E-state index contributed by atoms with van der Waals surface area (Å²) in [4.78, 5) is 15.2. The SMILES string of the molecule is CCCCCCCCC(CCCCCC)COC(=O)CCCCCN(CCC)C1CCC2(CC1)OCCO2. The molecule has 1 spiro atoms. The minimum absolute atomic E-state index is 0.0195. The van der Waals surface area contributed by atoms with Crippen molar-refractivity contribution in [1.82, 2.24) is 4.90 Å². The van der Waals surface area contributed by atoms with E-state index in [0.29, 0.717) is 25.0 Å². The lowest BCUT2D eigenvalue weighted by atomic mass is 9.88. The van der Waals surface area contributed by atoms with Crippen molar-refractivity contribution in [2.75, 3.05) is 32.9 Å². The molecule has 1 unspecified atom stereocenters. The highest BCUT2D eigenvalue weighted by molar-refractivity contribution is 5.69. The van der Waals surface area contributed by atoms with Crippen LogP contribution < -0.4 is 0 Å². The van der Waals surface area contributed by atoms with E-state index in [1.807, 2.05) is 0 Å². The average Bonchev–Trinajstić information content (AvgIpc) is 3.38. The van der Waals surface area contributed by atoms with Crippen LogP contribution in [0.5, 0.6) is 0 Å². The Bertz CT molecular complexity index is 567. The van der Waals surface area contributed by atoms with E-state index in [1.165, 1.54) is 109 Å². The van der Waals surface area contributed by atoms with Crippen molar-refractivity contribution in [2.24, 2.45) is 5.92 Å². The van der Waals surface area contributed by atoms with Crippen LogP contribution in [0.4, 0.5) is 0 Å². The highest BCUT2D eigenvalue weighted by Crippen LogP contribution is 2.37. The molecule has 224 valence electrons. The van der Waals surface area contributed by atoms with Crippen LogP contribution in [0.15, 0.2) is 0 Å². The normalized spacial score (nSPS) is 18.4. The van der Waals surface area contributed by atoms with E-state index in [1.54, 1.807) is 0 Å². The fourth-order valence-electron chi connectivity index (χ4n) is 6.39. The molecule has 0 bridgehead atoms. The van der Waals surface area contributed by atoms with Crippen molar-refractivity contribution < 1.29 is 19.0 Å². The molecule has 1 heterocycles. The zero-order valence-electron chi connectivity index (χ0n) is 25.6. The van der Waals surface area contributed by atoms with Crippen LogP contribution in [0.2, 0.25) is 0 Å². The highest BCUT2D eigenvalue weighted by Gasteiger charge is 2.41. The summed E-state index contributed by atoms with van der Waals surface area (Å²) in [6, 6.07) is 0.652. The lowest BCUT2D eigenvalue weighted by molar-refractivity contribution is -0.184. The molecule has 0 N–H and O–H groups in total. The molecule has 1 aliphatic carbocycles. The Morgan fingerprint density at radius 1 is 0.763 bits per heavy atom. The van der Waals surface area contributed by atoms with E-state index in [9.17, 15) is 4.79 Å². The van der Waals surface area contributed by atoms with E-state index < -0.39 is 0 Å². The smallest absolute Gasteiger partial charge is 0.305 e. The summed E-state index contributed by atoms with van der Waals surface area (Å²) in [5, 5.41) is 0. The Morgan fingerprint density at radius 3 is 1.97 bits per heavy atom. The molecular weight excluding hydrogens is 474 g/mol. The van der Waals surface area contributed by atoms with Crippen LogP contribution >= 0.6 is 0 Å². The van der Waals surface area contributed by atoms with E-state index in [0.717, 1.165) is 45.4 Å². The molecule has 0 aromatic carbocycles. The molecular formula is C33H63NO4. The lowest BCUT2D eigenvalue weighted by Crippen LogP contribution is -2.44. The summed E-state index contributed by atoms with van der Waals surface area (Å²) in [6.07, 6.45) is 25.0. The van der Waals surface area contributed by atoms with E-state index in [-0.39, 0.29) is 11.8 Å². The second-order valence-electron chi connectivity index (χ2n) is 12.1. The van der Waals surface area contributed by atoms with Gasteiger partial charge in [-0.05, 0) is 64.0 Å². The molecule has 0 amide bonds. The maximum Gasteiger partial charge on any atom is 0.305 e. The molecule has 1 saturated carbocycles. The van der Waals surface area contributed by atoms with Crippen molar-refractivity contribution in [3.63, 3.8) is 0 Å². The molecule has 2 rings (SSSR count). The average molecular weight is 538 g/mol. The second kappa shape index (κ2) is 21.1. The van der Waals surface area contributed by atoms with Gasteiger partial charge in [-0.15, -0.1) is 0 Å². The van der Waals surface area contributed by atoms with Gasteiger partial charge in [0.2, 0.25) is 0 Å². The zero-order chi connectivity index (χ0) is 27.3. The van der Waals surface area contributed by atoms with Gasteiger partial charge in [-0.3, -0.25) is 4.79 Å². The van der Waals surface area contributed by atoms with Gasteiger partial charge in [-0.25, -0.2) is 0 Å². The number of hydrogen-bond acceptors (Lipinski definition) is 5. The van der Waals surface area contributed by atoms with E-state index >= 15 is 0 Å². The molecule has 1 atom stereocenters. The fraction of sp³-hybridized carbons (Fsp3) is 0.970. The minimum Gasteiger partial charge on any atom is -0.465 e. The Labute approximate surface area is 236 Å². The molecule has 38 heavy (non-hydrogen) atoms. The summed E-state index contributed by atoms with van der Waals surface area (Å²) >= 11 is 0. The number of hydrogen-bond donors (Lipinski definition) is 0. The molecule has 0 radical (unpaired) electrons. The minimum atomic E-state index is -0.266. The molecule has 1 aliphatic heterocycles. The maximum absolute atomic E-state index is 12.5. The first-order chi connectivity index (χ1) is 18.6. The second-order valence-corrected chi connectivity index (χ2v) is 12.1. The summed E-state index contributed by atoms with van der Waals surface area (Å²) in [7, 11) is 0. The number of unbranched alkanes of at least 4 members (excludes halogenated alkanes) is 10. The maximum atomic E-state index is 12.5. The van der Waals surface area contributed by atoms with Crippen LogP contribution in [0.3, 0.4) is 0 Å². The van der Waals surface area contributed by atoms with Crippen molar-refractivity contribution >= 4 is 5.97 Å². The zero-order valence-corrected chi connectivity index (χ0v) is 25.6. The van der Waals surface area contributed by atoms with Gasteiger partial charge >= 0.3 is 5.97 Å². The van der Waals surface area contributed by atoms with Crippen LogP contribution in [0.25, 0.3) is 0 Å². The predicted molar refractivity (Wildman–Crippen MR) is 158 cm³/mol. The van der Waals surface area contributed by atoms with E-state index in [2.05, 4.69) is 25.7 Å². The predicted octanol–water partition coefficient (Wildman–Crippen LogP) is 8.82. The number of rotatable bonds is 23.